The molecule has 25 heavy (non-hydrogen) atoms. The fraction of sp³-hybridized carbons (Fsp3) is 0.588. The van der Waals surface area contributed by atoms with E-state index in [2.05, 4.69) is 27.1 Å². The molecule has 8 heteroatoms. The first-order chi connectivity index (χ1) is 12.1. The smallest absolute Gasteiger partial charge is 0.190 e. The first-order valence-electron chi connectivity index (χ1n) is 8.80. The third-order valence-electron chi connectivity index (χ3n) is 5.03. The Labute approximate surface area is 155 Å². The Kier molecular flexibility index (Phi) is 4.73. The lowest BCUT2D eigenvalue weighted by molar-refractivity contribution is 0.372. The van der Waals surface area contributed by atoms with E-state index in [9.17, 15) is 4.39 Å². The van der Waals surface area contributed by atoms with E-state index >= 15 is 0 Å². The predicted molar refractivity (Wildman–Crippen MR) is 100 cm³/mol. The maximum absolute atomic E-state index is 14.7. The van der Waals surface area contributed by atoms with Crippen molar-refractivity contribution in [2.45, 2.75) is 50.4 Å². The van der Waals surface area contributed by atoms with E-state index in [1.54, 1.807) is 0 Å². The number of pyridine rings is 1. The second-order valence-corrected chi connectivity index (χ2v) is 8.10. The maximum atomic E-state index is 14.7. The van der Waals surface area contributed by atoms with Crippen molar-refractivity contribution < 1.29 is 4.39 Å². The average molecular weight is 382 g/mol. The number of halogens is 2. The molecule has 2 atom stereocenters. The first-order valence-corrected chi connectivity index (χ1v) is 10.2. The monoisotopic (exact) mass is 381 g/mol. The van der Waals surface area contributed by atoms with Crippen molar-refractivity contribution in [3.05, 3.63) is 16.7 Å². The van der Waals surface area contributed by atoms with Gasteiger partial charge in [-0.05, 0) is 25.0 Å². The summed E-state index contributed by atoms with van der Waals surface area (Å²) in [6, 6.07) is 0.742. The molecule has 134 valence electrons. The van der Waals surface area contributed by atoms with E-state index < -0.39 is 5.82 Å². The number of rotatable bonds is 3. The van der Waals surface area contributed by atoms with E-state index in [-0.39, 0.29) is 5.15 Å². The molecule has 0 bridgehead atoms. The van der Waals surface area contributed by atoms with Crippen molar-refractivity contribution in [3.8, 4) is 0 Å². The normalized spacial score (nSPS) is 22.8. The van der Waals surface area contributed by atoms with Gasteiger partial charge in [0.25, 0.3) is 0 Å². The van der Waals surface area contributed by atoms with Gasteiger partial charge in [0.15, 0.2) is 16.1 Å². The number of aromatic nitrogens is 3. The maximum Gasteiger partial charge on any atom is 0.190 e. The summed E-state index contributed by atoms with van der Waals surface area (Å²) in [5.41, 5.74) is 1.12. The highest BCUT2D eigenvalue weighted by molar-refractivity contribution is 7.99. The molecular formula is C17H21ClFN5S. The summed E-state index contributed by atoms with van der Waals surface area (Å²) >= 11 is 7.57. The minimum Gasteiger partial charge on any atom is -0.350 e. The molecule has 4 heterocycles. The van der Waals surface area contributed by atoms with Gasteiger partial charge in [0.05, 0.1) is 11.1 Å². The van der Waals surface area contributed by atoms with Crippen LogP contribution in [0.1, 0.15) is 32.4 Å². The Bertz CT molecular complexity index is 817. The van der Waals surface area contributed by atoms with Crippen LogP contribution in [0.3, 0.4) is 0 Å². The Morgan fingerprint density at radius 3 is 2.92 bits per heavy atom. The van der Waals surface area contributed by atoms with Crippen molar-refractivity contribution in [2.75, 3.05) is 23.7 Å². The van der Waals surface area contributed by atoms with Crippen LogP contribution in [0.15, 0.2) is 5.16 Å². The van der Waals surface area contributed by atoms with Gasteiger partial charge in [0.2, 0.25) is 0 Å². The zero-order valence-corrected chi connectivity index (χ0v) is 15.9. The van der Waals surface area contributed by atoms with E-state index in [1.165, 1.54) is 11.8 Å². The summed E-state index contributed by atoms with van der Waals surface area (Å²) in [6.45, 7) is 5.99. The van der Waals surface area contributed by atoms with Gasteiger partial charge < -0.3 is 10.2 Å². The molecule has 0 aromatic carbocycles. The number of hydrogen-bond donors (Lipinski definition) is 1. The first kappa shape index (κ1) is 17.2. The van der Waals surface area contributed by atoms with Crippen molar-refractivity contribution in [2.24, 2.45) is 0 Å². The number of hydrogen-bond acceptors (Lipinski definition) is 6. The van der Waals surface area contributed by atoms with Gasteiger partial charge in [-0.2, -0.15) is 0 Å². The topological polar surface area (TPSA) is 53.9 Å². The molecule has 2 aliphatic heterocycles. The van der Waals surface area contributed by atoms with Crippen molar-refractivity contribution in [1.29, 1.82) is 0 Å². The van der Waals surface area contributed by atoms with Gasteiger partial charge in [0.1, 0.15) is 11.3 Å². The molecular weight excluding hydrogens is 361 g/mol. The number of piperazine rings is 1. The van der Waals surface area contributed by atoms with Crippen LogP contribution in [-0.2, 0) is 6.42 Å². The second kappa shape index (κ2) is 6.85. The molecule has 2 aliphatic rings. The summed E-state index contributed by atoms with van der Waals surface area (Å²) in [4.78, 5) is 15.9. The summed E-state index contributed by atoms with van der Waals surface area (Å²) in [5, 5.41) is 4.85. The van der Waals surface area contributed by atoms with Crippen LogP contribution >= 0.6 is 23.4 Å². The van der Waals surface area contributed by atoms with Gasteiger partial charge in [-0.15, -0.1) is 0 Å². The van der Waals surface area contributed by atoms with Crippen LogP contribution in [0, 0.1) is 5.82 Å². The van der Waals surface area contributed by atoms with Crippen molar-refractivity contribution in [3.63, 3.8) is 0 Å². The fourth-order valence-corrected chi connectivity index (χ4v) is 4.47. The molecule has 2 aromatic rings. The Morgan fingerprint density at radius 1 is 1.32 bits per heavy atom. The van der Waals surface area contributed by atoms with E-state index in [1.807, 2.05) is 6.92 Å². The third kappa shape index (κ3) is 2.96. The molecule has 1 fully saturated rings. The Balaban J connectivity index is 1.95. The summed E-state index contributed by atoms with van der Waals surface area (Å²) in [5.74, 6) is 1.12. The standard InChI is InChI=1S/C17H21ClFN5S/c1-3-9-8-24-10(7-20-9)5-6-11-12-14(13(19)15(18)21-11)22-17(25-4-2)23-16(12)24/h9-10,20H,3-8H2,1-2H3/t9-,10-/m1/s1. The molecule has 2 aromatic heterocycles. The van der Waals surface area contributed by atoms with E-state index in [0.29, 0.717) is 22.8 Å². The lowest BCUT2D eigenvalue weighted by Gasteiger charge is -2.40. The number of thioether (sulfide) groups is 1. The molecule has 0 radical (unpaired) electrons. The molecule has 1 saturated heterocycles. The summed E-state index contributed by atoms with van der Waals surface area (Å²) < 4.78 is 14.7. The third-order valence-corrected chi connectivity index (χ3v) is 6.01. The highest BCUT2D eigenvalue weighted by Crippen LogP contribution is 2.37. The molecule has 0 amide bonds. The molecule has 0 spiro atoms. The second-order valence-electron chi connectivity index (χ2n) is 6.51. The minimum absolute atomic E-state index is 0.0935. The number of fused-ring (bicyclic) bond motifs is 2. The molecule has 1 N–H and O–H groups in total. The van der Waals surface area contributed by atoms with Crippen molar-refractivity contribution >= 4 is 40.1 Å². The number of anilines is 1. The molecule has 4 rings (SSSR count). The number of nitrogens with zero attached hydrogens (tertiary/aromatic N) is 4. The van der Waals surface area contributed by atoms with Crippen LogP contribution < -0.4 is 10.2 Å². The lowest BCUT2D eigenvalue weighted by atomic mass is 10.0. The highest BCUT2D eigenvalue weighted by atomic mass is 35.5. The summed E-state index contributed by atoms with van der Waals surface area (Å²) in [7, 11) is 0. The molecule has 0 aliphatic carbocycles. The van der Waals surface area contributed by atoms with Gasteiger partial charge in [-0.1, -0.05) is 37.2 Å². The highest BCUT2D eigenvalue weighted by Gasteiger charge is 2.34. The fourth-order valence-electron chi connectivity index (χ4n) is 3.72. The van der Waals surface area contributed by atoms with Gasteiger partial charge in [-0.3, -0.25) is 0 Å². The number of aryl methyl sites for hydroxylation is 1. The van der Waals surface area contributed by atoms with E-state index in [0.717, 1.165) is 55.0 Å². The van der Waals surface area contributed by atoms with Gasteiger partial charge in [-0.25, -0.2) is 19.3 Å². The van der Waals surface area contributed by atoms with Gasteiger partial charge in [0, 0.05) is 25.2 Å². The lowest BCUT2D eigenvalue weighted by Crippen LogP contribution is -2.56. The molecule has 5 nitrogen and oxygen atoms in total. The Morgan fingerprint density at radius 2 is 2.16 bits per heavy atom. The van der Waals surface area contributed by atoms with Crippen LogP contribution in [0.2, 0.25) is 5.15 Å². The quantitative estimate of drug-likeness (QED) is 0.499. The zero-order chi connectivity index (χ0) is 17.6. The average Bonchev–Trinajstić information content (AvgIpc) is 2.77. The SMILES string of the molecule is CCSc1nc2c3c(nc(Cl)c(F)c3n1)CC[C@@H]1CN[C@H](CC)CN21. The summed E-state index contributed by atoms with van der Waals surface area (Å²) in [6.07, 6.45) is 2.75. The van der Waals surface area contributed by atoms with Crippen LogP contribution in [0.4, 0.5) is 10.2 Å². The molecule has 0 unspecified atom stereocenters. The minimum atomic E-state index is -0.539. The van der Waals surface area contributed by atoms with E-state index in [4.69, 9.17) is 16.6 Å². The number of nitrogens with one attached hydrogen (secondary N) is 1. The zero-order valence-electron chi connectivity index (χ0n) is 14.4. The van der Waals surface area contributed by atoms with Gasteiger partial charge >= 0.3 is 0 Å². The van der Waals surface area contributed by atoms with Crippen LogP contribution in [-0.4, -0.2) is 45.9 Å². The Hall–Kier alpha value is -1.18. The van der Waals surface area contributed by atoms with Crippen molar-refractivity contribution in [1.82, 2.24) is 20.3 Å². The predicted octanol–water partition coefficient (Wildman–Crippen LogP) is 3.43. The van der Waals surface area contributed by atoms with Crippen LogP contribution in [0.25, 0.3) is 10.9 Å². The van der Waals surface area contributed by atoms with Crippen LogP contribution in [0.5, 0.6) is 0 Å². The molecule has 0 saturated carbocycles. The largest absolute Gasteiger partial charge is 0.350 e.